The maximum absolute atomic E-state index is 12.9. The number of rotatable bonds is 5. The third-order valence-electron chi connectivity index (χ3n) is 2.71. The van der Waals surface area contributed by atoms with Gasteiger partial charge in [0.2, 0.25) is 5.91 Å². The van der Waals surface area contributed by atoms with Crippen LogP contribution in [-0.4, -0.2) is 11.7 Å². The first-order chi connectivity index (χ1) is 10.1. The molecule has 3 N–H and O–H groups in total. The third-order valence-corrected chi connectivity index (χ3v) is 4.23. The highest BCUT2D eigenvalue weighted by molar-refractivity contribution is 7.99. The summed E-state index contributed by atoms with van der Waals surface area (Å²) in [5.41, 5.74) is 6.26. The van der Waals surface area contributed by atoms with Crippen molar-refractivity contribution in [2.75, 3.05) is 16.8 Å². The molecule has 6 heteroatoms. The predicted octanol–water partition coefficient (Wildman–Crippen LogP) is 4.18. The number of carbonyl (C=O) groups excluding carboxylic acids is 1. The van der Waals surface area contributed by atoms with E-state index in [0.29, 0.717) is 22.9 Å². The number of halogens is 2. The molecule has 21 heavy (non-hydrogen) atoms. The van der Waals surface area contributed by atoms with Gasteiger partial charge in [0, 0.05) is 17.1 Å². The Morgan fingerprint density at radius 1 is 1.29 bits per heavy atom. The van der Waals surface area contributed by atoms with Crippen molar-refractivity contribution in [1.29, 1.82) is 0 Å². The van der Waals surface area contributed by atoms with Crippen LogP contribution in [0.1, 0.15) is 6.42 Å². The van der Waals surface area contributed by atoms with E-state index in [2.05, 4.69) is 5.32 Å². The number of carbonyl (C=O) groups is 1. The summed E-state index contributed by atoms with van der Waals surface area (Å²) >= 11 is 7.54. The summed E-state index contributed by atoms with van der Waals surface area (Å²) in [6, 6.07) is 11.3. The van der Waals surface area contributed by atoms with Crippen molar-refractivity contribution in [3.8, 4) is 0 Å². The summed E-state index contributed by atoms with van der Waals surface area (Å²) in [5.74, 6) is -0.0101. The number of nitrogens with one attached hydrogen (secondary N) is 1. The van der Waals surface area contributed by atoms with Crippen LogP contribution >= 0.6 is 23.4 Å². The number of hydrogen-bond acceptors (Lipinski definition) is 3. The van der Waals surface area contributed by atoms with Gasteiger partial charge in [-0.05, 0) is 30.3 Å². The van der Waals surface area contributed by atoms with Crippen LogP contribution in [0.3, 0.4) is 0 Å². The summed E-state index contributed by atoms with van der Waals surface area (Å²) < 4.78 is 12.9. The van der Waals surface area contributed by atoms with E-state index in [0.717, 1.165) is 4.90 Å². The average Bonchev–Trinajstić information content (AvgIpc) is 2.44. The Labute approximate surface area is 131 Å². The molecule has 1 amide bonds. The monoisotopic (exact) mass is 324 g/mol. The van der Waals surface area contributed by atoms with Gasteiger partial charge in [-0.3, -0.25) is 4.79 Å². The SMILES string of the molecule is Nc1cc(F)ccc1NC(=O)CCSc1ccccc1Cl. The molecule has 3 nitrogen and oxygen atoms in total. The van der Waals surface area contributed by atoms with Gasteiger partial charge in [0.1, 0.15) is 5.82 Å². The van der Waals surface area contributed by atoms with Gasteiger partial charge >= 0.3 is 0 Å². The van der Waals surface area contributed by atoms with E-state index in [-0.39, 0.29) is 11.6 Å². The van der Waals surface area contributed by atoms with Crippen molar-refractivity contribution in [2.45, 2.75) is 11.3 Å². The Balaban J connectivity index is 1.84. The first-order valence-corrected chi connectivity index (χ1v) is 7.65. The molecule has 0 fully saturated rings. The molecule has 0 aliphatic heterocycles. The quantitative estimate of drug-likeness (QED) is 0.640. The van der Waals surface area contributed by atoms with Crippen LogP contribution < -0.4 is 11.1 Å². The second-order valence-electron chi connectivity index (χ2n) is 4.31. The van der Waals surface area contributed by atoms with Crippen LogP contribution in [0.2, 0.25) is 5.02 Å². The summed E-state index contributed by atoms with van der Waals surface area (Å²) in [5, 5.41) is 3.33. The van der Waals surface area contributed by atoms with Gasteiger partial charge in [-0.15, -0.1) is 11.8 Å². The fraction of sp³-hybridized carbons (Fsp3) is 0.133. The van der Waals surface area contributed by atoms with Gasteiger partial charge in [-0.2, -0.15) is 0 Å². The van der Waals surface area contributed by atoms with Crippen molar-refractivity contribution >= 4 is 40.6 Å². The molecule has 110 valence electrons. The number of nitrogen functional groups attached to an aromatic ring is 1. The summed E-state index contributed by atoms with van der Waals surface area (Å²) in [6.45, 7) is 0. The van der Waals surface area contributed by atoms with E-state index in [1.807, 2.05) is 24.3 Å². The molecule has 0 aromatic heterocycles. The van der Waals surface area contributed by atoms with Gasteiger partial charge < -0.3 is 11.1 Å². The lowest BCUT2D eigenvalue weighted by atomic mass is 10.2. The average molecular weight is 325 g/mol. The molecular formula is C15H14ClFN2OS. The third kappa shape index (κ3) is 4.65. The lowest BCUT2D eigenvalue weighted by Crippen LogP contribution is -2.13. The number of amides is 1. The van der Waals surface area contributed by atoms with Gasteiger partial charge in [0.15, 0.2) is 0 Å². The van der Waals surface area contributed by atoms with Gasteiger partial charge in [-0.25, -0.2) is 4.39 Å². The standard InChI is InChI=1S/C15H14ClFN2OS/c16-11-3-1-2-4-14(11)21-8-7-15(20)19-13-6-5-10(17)9-12(13)18/h1-6,9H,7-8,18H2,(H,19,20). The first-order valence-electron chi connectivity index (χ1n) is 6.28. The first kappa shape index (κ1) is 15.7. The van der Waals surface area contributed by atoms with E-state index in [1.54, 1.807) is 0 Å². The topological polar surface area (TPSA) is 55.1 Å². The van der Waals surface area contributed by atoms with Crippen molar-refractivity contribution in [3.05, 3.63) is 53.3 Å². The molecule has 0 spiro atoms. The van der Waals surface area contributed by atoms with Crippen LogP contribution in [0.4, 0.5) is 15.8 Å². The largest absolute Gasteiger partial charge is 0.397 e. The van der Waals surface area contributed by atoms with Gasteiger partial charge in [-0.1, -0.05) is 23.7 Å². The van der Waals surface area contributed by atoms with Crippen LogP contribution in [0.5, 0.6) is 0 Å². The summed E-state index contributed by atoms with van der Waals surface area (Å²) in [6.07, 6.45) is 0.312. The molecule has 0 heterocycles. The molecule has 2 aromatic rings. The smallest absolute Gasteiger partial charge is 0.225 e. The van der Waals surface area contributed by atoms with Gasteiger partial charge in [0.05, 0.1) is 16.4 Å². The van der Waals surface area contributed by atoms with Crippen LogP contribution in [0.15, 0.2) is 47.4 Å². The molecular weight excluding hydrogens is 311 g/mol. The number of anilines is 2. The minimum atomic E-state index is -0.431. The number of thioether (sulfide) groups is 1. The number of hydrogen-bond donors (Lipinski definition) is 2. The minimum absolute atomic E-state index is 0.173. The Morgan fingerprint density at radius 3 is 2.76 bits per heavy atom. The molecule has 2 rings (SSSR count). The Morgan fingerprint density at radius 2 is 2.05 bits per heavy atom. The van der Waals surface area contributed by atoms with Crippen LogP contribution in [0.25, 0.3) is 0 Å². The van der Waals surface area contributed by atoms with E-state index in [4.69, 9.17) is 17.3 Å². The second-order valence-corrected chi connectivity index (χ2v) is 5.85. The lowest BCUT2D eigenvalue weighted by molar-refractivity contribution is -0.115. The zero-order valence-corrected chi connectivity index (χ0v) is 12.7. The van der Waals surface area contributed by atoms with Gasteiger partial charge in [0.25, 0.3) is 0 Å². The van der Waals surface area contributed by atoms with E-state index < -0.39 is 5.82 Å². The molecule has 0 unspecified atom stereocenters. The maximum atomic E-state index is 12.9. The Kier molecular flexibility index (Phi) is 5.47. The minimum Gasteiger partial charge on any atom is -0.397 e. The highest BCUT2D eigenvalue weighted by Crippen LogP contribution is 2.27. The number of benzene rings is 2. The fourth-order valence-electron chi connectivity index (χ4n) is 1.68. The zero-order valence-electron chi connectivity index (χ0n) is 11.1. The fourth-order valence-corrected chi connectivity index (χ4v) is 2.86. The molecule has 0 bridgehead atoms. The molecule has 2 aromatic carbocycles. The highest BCUT2D eigenvalue weighted by atomic mass is 35.5. The van der Waals surface area contributed by atoms with E-state index in [1.165, 1.54) is 30.0 Å². The molecule has 0 aliphatic rings. The maximum Gasteiger partial charge on any atom is 0.225 e. The predicted molar refractivity (Wildman–Crippen MR) is 86.2 cm³/mol. The van der Waals surface area contributed by atoms with Crippen LogP contribution in [-0.2, 0) is 4.79 Å². The normalized spacial score (nSPS) is 10.4. The molecule has 0 saturated carbocycles. The summed E-state index contributed by atoms with van der Waals surface area (Å²) in [4.78, 5) is 12.8. The highest BCUT2D eigenvalue weighted by Gasteiger charge is 2.07. The molecule has 0 radical (unpaired) electrons. The van der Waals surface area contributed by atoms with Crippen LogP contribution in [0, 0.1) is 5.82 Å². The van der Waals surface area contributed by atoms with Crippen molar-refractivity contribution < 1.29 is 9.18 Å². The number of nitrogens with two attached hydrogens (primary N) is 1. The lowest BCUT2D eigenvalue weighted by Gasteiger charge is -2.08. The zero-order chi connectivity index (χ0) is 15.2. The van der Waals surface area contributed by atoms with E-state index >= 15 is 0 Å². The van der Waals surface area contributed by atoms with Crippen molar-refractivity contribution in [2.24, 2.45) is 0 Å². The van der Waals surface area contributed by atoms with Crippen molar-refractivity contribution in [1.82, 2.24) is 0 Å². The molecule has 0 saturated heterocycles. The summed E-state index contributed by atoms with van der Waals surface area (Å²) in [7, 11) is 0. The van der Waals surface area contributed by atoms with E-state index in [9.17, 15) is 9.18 Å². The molecule has 0 atom stereocenters. The Bertz CT molecular complexity index is 651. The Hall–Kier alpha value is -1.72. The second kappa shape index (κ2) is 7.33. The molecule has 0 aliphatic carbocycles. The van der Waals surface area contributed by atoms with Crippen molar-refractivity contribution in [3.63, 3.8) is 0 Å².